The molecule has 1 aliphatic heterocycles. The topological polar surface area (TPSA) is 55.8 Å². The summed E-state index contributed by atoms with van der Waals surface area (Å²) >= 11 is 0. The number of esters is 1. The molecule has 2 aliphatic rings. The molecule has 0 radical (unpaired) electrons. The number of benzene rings is 1. The van der Waals surface area contributed by atoms with Crippen molar-refractivity contribution in [1.82, 2.24) is 4.90 Å². The van der Waals surface area contributed by atoms with E-state index in [4.69, 9.17) is 9.47 Å². The van der Waals surface area contributed by atoms with Gasteiger partial charge in [0.15, 0.2) is 0 Å². The van der Waals surface area contributed by atoms with E-state index in [0.29, 0.717) is 12.5 Å². The highest BCUT2D eigenvalue weighted by molar-refractivity contribution is 5.83. The van der Waals surface area contributed by atoms with Crippen LogP contribution < -0.4 is 0 Å². The van der Waals surface area contributed by atoms with Gasteiger partial charge >= 0.3 is 12.1 Å². The minimum Gasteiger partial charge on any atom is -0.459 e. The second kappa shape index (κ2) is 6.60. The van der Waals surface area contributed by atoms with Crippen LogP contribution in [0, 0.1) is 17.3 Å². The van der Waals surface area contributed by atoms with Crippen LogP contribution in [-0.4, -0.2) is 35.2 Å². The summed E-state index contributed by atoms with van der Waals surface area (Å²) in [4.78, 5) is 27.2. The first-order valence-corrected chi connectivity index (χ1v) is 9.29. The molecule has 1 amide bonds. The quantitative estimate of drug-likeness (QED) is 0.765. The SMILES string of the molecule is CC(C)(C)OC(=O)N1C[C@@H]2CC(C)(C)[C@@H]2[C@H]1C(=O)OCc1ccccc1. The molecule has 0 aromatic heterocycles. The molecule has 26 heavy (non-hydrogen) atoms. The van der Waals surface area contributed by atoms with Crippen LogP contribution in [0.15, 0.2) is 30.3 Å². The fraction of sp³-hybridized carbons (Fsp3) is 0.619. The van der Waals surface area contributed by atoms with E-state index in [9.17, 15) is 9.59 Å². The Balaban J connectivity index is 1.75. The molecule has 0 bridgehead atoms. The van der Waals surface area contributed by atoms with Gasteiger partial charge < -0.3 is 9.47 Å². The summed E-state index contributed by atoms with van der Waals surface area (Å²) in [5.74, 6) is 0.130. The summed E-state index contributed by atoms with van der Waals surface area (Å²) in [6.07, 6.45) is 0.587. The lowest BCUT2D eigenvalue weighted by atomic mass is 9.55. The molecule has 3 atom stereocenters. The Kier molecular flexibility index (Phi) is 4.76. The summed E-state index contributed by atoms with van der Waals surface area (Å²) in [7, 11) is 0. The van der Waals surface area contributed by atoms with Crippen LogP contribution in [-0.2, 0) is 20.9 Å². The number of hydrogen-bond donors (Lipinski definition) is 0. The predicted molar refractivity (Wildman–Crippen MR) is 98.3 cm³/mol. The molecule has 0 N–H and O–H groups in total. The normalized spacial score (nSPS) is 26.7. The van der Waals surface area contributed by atoms with Crippen LogP contribution in [0.2, 0.25) is 0 Å². The number of rotatable bonds is 3. The van der Waals surface area contributed by atoms with Gasteiger partial charge in [-0.05, 0) is 50.0 Å². The zero-order valence-electron chi connectivity index (χ0n) is 16.3. The maximum atomic E-state index is 12.9. The first-order chi connectivity index (χ1) is 12.1. The number of likely N-dealkylation sites (tertiary alicyclic amines) is 1. The van der Waals surface area contributed by atoms with Crippen molar-refractivity contribution < 1.29 is 19.1 Å². The van der Waals surface area contributed by atoms with Gasteiger partial charge in [0.2, 0.25) is 0 Å². The van der Waals surface area contributed by atoms with Crippen LogP contribution in [0.4, 0.5) is 4.79 Å². The fourth-order valence-corrected chi connectivity index (χ4v) is 4.44. The van der Waals surface area contributed by atoms with Gasteiger partial charge in [0.1, 0.15) is 18.2 Å². The summed E-state index contributed by atoms with van der Waals surface area (Å²) in [5, 5.41) is 0. The summed E-state index contributed by atoms with van der Waals surface area (Å²) < 4.78 is 11.1. The predicted octanol–water partition coefficient (Wildman–Crippen LogP) is 4.01. The second-order valence-corrected chi connectivity index (χ2v) is 9.15. The molecular weight excluding hydrogens is 330 g/mol. The third kappa shape index (κ3) is 3.71. The molecule has 2 fully saturated rings. The van der Waals surface area contributed by atoms with Crippen LogP contribution in [0.3, 0.4) is 0 Å². The second-order valence-electron chi connectivity index (χ2n) is 9.15. The Hall–Kier alpha value is -2.04. The van der Waals surface area contributed by atoms with Gasteiger partial charge in [0.05, 0.1) is 0 Å². The average Bonchev–Trinajstić information content (AvgIpc) is 2.87. The zero-order valence-corrected chi connectivity index (χ0v) is 16.3. The molecule has 1 aromatic carbocycles. The largest absolute Gasteiger partial charge is 0.459 e. The molecule has 0 spiro atoms. The van der Waals surface area contributed by atoms with E-state index in [-0.39, 0.29) is 23.9 Å². The van der Waals surface area contributed by atoms with Crippen molar-refractivity contribution in [1.29, 1.82) is 0 Å². The van der Waals surface area contributed by atoms with Crippen LogP contribution >= 0.6 is 0 Å². The average molecular weight is 359 g/mol. The van der Waals surface area contributed by atoms with Crippen LogP contribution in [0.1, 0.15) is 46.6 Å². The van der Waals surface area contributed by atoms with Crippen LogP contribution in [0.5, 0.6) is 0 Å². The molecule has 5 nitrogen and oxygen atoms in total. The minimum absolute atomic E-state index is 0.0257. The Morgan fingerprint density at radius 2 is 1.85 bits per heavy atom. The number of carbonyl (C=O) groups excluding carboxylic acids is 2. The van der Waals surface area contributed by atoms with Gasteiger partial charge in [0.25, 0.3) is 0 Å². The van der Waals surface area contributed by atoms with Gasteiger partial charge in [-0.3, -0.25) is 4.90 Å². The van der Waals surface area contributed by atoms with Gasteiger partial charge in [-0.2, -0.15) is 0 Å². The lowest BCUT2D eigenvalue weighted by molar-refractivity contribution is -0.155. The molecule has 142 valence electrons. The third-order valence-corrected chi connectivity index (χ3v) is 5.40. The minimum atomic E-state index is -0.591. The van der Waals surface area contributed by atoms with E-state index >= 15 is 0 Å². The van der Waals surface area contributed by atoms with Crippen molar-refractivity contribution in [2.45, 2.75) is 59.3 Å². The van der Waals surface area contributed by atoms with Gasteiger partial charge in [-0.1, -0.05) is 44.2 Å². The summed E-state index contributed by atoms with van der Waals surface area (Å²) in [5.41, 5.74) is 0.372. The highest BCUT2D eigenvalue weighted by atomic mass is 16.6. The molecule has 1 aromatic rings. The molecule has 1 aliphatic carbocycles. The molecular formula is C21H29NO4. The number of fused-ring (bicyclic) bond motifs is 1. The molecule has 1 heterocycles. The zero-order chi connectivity index (χ0) is 19.1. The van der Waals surface area contributed by atoms with Crippen LogP contribution in [0.25, 0.3) is 0 Å². The Morgan fingerprint density at radius 1 is 1.19 bits per heavy atom. The van der Waals surface area contributed by atoms with Gasteiger partial charge in [-0.25, -0.2) is 9.59 Å². The van der Waals surface area contributed by atoms with Crippen molar-refractivity contribution in [2.75, 3.05) is 6.54 Å². The molecule has 0 unspecified atom stereocenters. The molecule has 3 rings (SSSR count). The lowest BCUT2D eigenvalue weighted by Crippen LogP contribution is -2.52. The van der Waals surface area contributed by atoms with Crippen molar-refractivity contribution in [2.24, 2.45) is 17.3 Å². The highest BCUT2D eigenvalue weighted by Crippen LogP contribution is 2.57. The van der Waals surface area contributed by atoms with E-state index < -0.39 is 17.7 Å². The molecule has 1 saturated carbocycles. The van der Waals surface area contributed by atoms with Crippen molar-refractivity contribution in [3.05, 3.63) is 35.9 Å². The van der Waals surface area contributed by atoms with Gasteiger partial charge in [-0.15, -0.1) is 0 Å². The van der Waals surface area contributed by atoms with E-state index in [1.54, 1.807) is 4.90 Å². The van der Waals surface area contributed by atoms with Crippen molar-refractivity contribution >= 4 is 12.1 Å². The number of carbonyl (C=O) groups is 2. The molecule has 1 saturated heterocycles. The Morgan fingerprint density at radius 3 is 2.42 bits per heavy atom. The monoisotopic (exact) mass is 359 g/mol. The standard InChI is InChI=1S/C21H29NO4/c1-20(2,3)26-19(24)22-12-15-11-21(4,5)16(15)17(22)18(23)25-13-14-9-7-6-8-10-14/h6-10,15-17H,11-13H2,1-5H3/t15-,16-,17-/m0/s1. The summed E-state index contributed by atoms with van der Waals surface area (Å²) in [6, 6.07) is 9.02. The maximum Gasteiger partial charge on any atom is 0.411 e. The maximum absolute atomic E-state index is 12.9. The Bertz CT molecular complexity index is 677. The van der Waals surface area contributed by atoms with Crippen molar-refractivity contribution in [3.63, 3.8) is 0 Å². The third-order valence-electron chi connectivity index (χ3n) is 5.40. The number of amides is 1. The van der Waals surface area contributed by atoms with Crippen molar-refractivity contribution in [3.8, 4) is 0 Å². The number of hydrogen-bond acceptors (Lipinski definition) is 4. The van der Waals surface area contributed by atoms with Gasteiger partial charge in [0, 0.05) is 6.54 Å². The lowest BCUT2D eigenvalue weighted by Gasteiger charge is -2.48. The van der Waals surface area contributed by atoms with E-state index in [1.165, 1.54) is 0 Å². The van der Waals surface area contributed by atoms with E-state index in [2.05, 4.69) is 13.8 Å². The summed E-state index contributed by atoms with van der Waals surface area (Å²) in [6.45, 7) is 10.6. The molecule has 5 heteroatoms. The number of ether oxygens (including phenoxy) is 2. The van der Waals surface area contributed by atoms with E-state index in [1.807, 2.05) is 51.1 Å². The number of nitrogens with zero attached hydrogens (tertiary/aromatic N) is 1. The first kappa shape index (κ1) is 18.7. The smallest absolute Gasteiger partial charge is 0.411 e. The Labute approximate surface area is 155 Å². The van der Waals surface area contributed by atoms with E-state index in [0.717, 1.165) is 12.0 Å². The fourth-order valence-electron chi connectivity index (χ4n) is 4.44. The first-order valence-electron chi connectivity index (χ1n) is 9.29. The highest BCUT2D eigenvalue weighted by Gasteiger charge is 2.61.